The number of hydrogen-bond donors (Lipinski definition) is 2. The Balaban J connectivity index is 2.06. The standard InChI is InChI=1S/C15H17O4P/c1-19-15-8-4-13(5-9-15)11-20(17,18)10-12-2-6-14(16)7-3-12/h2-9,16H,10-11H2,1H3,(H,17,18). The summed E-state index contributed by atoms with van der Waals surface area (Å²) in [6.07, 6.45) is 0.219. The Morgan fingerprint density at radius 2 is 1.40 bits per heavy atom. The molecule has 0 aromatic heterocycles. The van der Waals surface area contributed by atoms with Crippen LogP contribution in [0.3, 0.4) is 0 Å². The molecule has 0 spiro atoms. The highest BCUT2D eigenvalue weighted by atomic mass is 31.2. The molecule has 4 nitrogen and oxygen atoms in total. The monoisotopic (exact) mass is 292 g/mol. The van der Waals surface area contributed by atoms with Crippen molar-refractivity contribution >= 4 is 7.37 Å². The molecule has 1 atom stereocenters. The van der Waals surface area contributed by atoms with Crippen molar-refractivity contribution in [3.05, 3.63) is 59.7 Å². The van der Waals surface area contributed by atoms with Crippen LogP contribution >= 0.6 is 7.37 Å². The molecule has 2 N–H and O–H groups in total. The molecule has 0 saturated carbocycles. The quantitative estimate of drug-likeness (QED) is 0.829. The molecular formula is C15H17O4P. The van der Waals surface area contributed by atoms with Crippen LogP contribution in [0.15, 0.2) is 48.5 Å². The van der Waals surface area contributed by atoms with Gasteiger partial charge in [0.15, 0.2) is 0 Å². The van der Waals surface area contributed by atoms with E-state index in [0.717, 1.165) is 16.9 Å². The summed E-state index contributed by atoms with van der Waals surface area (Å²) in [5.74, 6) is 0.872. The minimum Gasteiger partial charge on any atom is -0.508 e. The van der Waals surface area contributed by atoms with E-state index >= 15 is 0 Å². The molecule has 0 bridgehead atoms. The SMILES string of the molecule is COc1ccc(CP(=O)(O)Cc2ccc(O)cc2)cc1. The minimum absolute atomic E-state index is 0.0965. The summed E-state index contributed by atoms with van der Waals surface area (Å²) in [5.41, 5.74) is 1.54. The average Bonchev–Trinajstić information content (AvgIpc) is 2.41. The maximum atomic E-state index is 12.3. The third-order valence-electron chi connectivity index (χ3n) is 2.95. The van der Waals surface area contributed by atoms with Crippen molar-refractivity contribution in [2.24, 2.45) is 0 Å². The third kappa shape index (κ3) is 4.12. The molecule has 20 heavy (non-hydrogen) atoms. The highest BCUT2D eigenvalue weighted by Gasteiger charge is 2.19. The number of hydrogen-bond acceptors (Lipinski definition) is 3. The van der Waals surface area contributed by atoms with Crippen molar-refractivity contribution in [3.63, 3.8) is 0 Å². The number of ether oxygens (including phenoxy) is 1. The van der Waals surface area contributed by atoms with Crippen molar-refractivity contribution in [2.45, 2.75) is 12.3 Å². The Kier molecular flexibility index (Phi) is 4.48. The topological polar surface area (TPSA) is 66.8 Å². The molecular weight excluding hydrogens is 275 g/mol. The molecule has 2 aromatic rings. The summed E-state index contributed by atoms with van der Waals surface area (Å²) in [6.45, 7) is 0. The van der Waals surface area contributed by atoms with Crippen molar-refractivity contribution in [2.75, 3.05) is 7.11 Å². The Morgan fingerprint density at radius 3 is 1.85 bits per heavy atom. The maximum Gasteiger partial charge on any atom is 0.209 e. The second-order valence-electron chi connectivity index (χ2n) is 4.68. The summed E-state index contributed by atoms with van der Waals surface area (Å²) < 4.78 is 17.3. The largest absolute Gasteiger partial charge is 0.508 e. The number of aromatic hydroxyl groups is 1. The van der Waals surface area contributed by atoms with Crippen LogP contribution in [-0.2, 0) is 16.9 Å². The molecule has 106 valence electrons. The number of methoxy groups -OCH3 is 1. The van der Waals surface area contributed by atoms with E-state index in [-0.39, 0.29) is 18.1 Å². The van der Waals surface area contributed by atoms with E-state index < -0.39 is 7.37 Å². The average molecular weight is 292 g/mol. The lowest BCUT2D eigenvalue weighted by atomic mass is 10.2. The second kappa shape index (κ2) is 6.12. The van der Waals surface area contributed by atoms with E-state index in [1.807, 2.05) is 0 Å². The zero-order chi connectivity index (χ0) is 14.6. The molecule has 0 radical (unpaired) electrons. The number of rotatable bonds is 5. The number of phenolic OH excluding ortho intramolecular Hbond substituents is 1. The van der Waals surface area contributed by atoms with E-state index in [4.69, 9.17) is 4.74 Å². The fourth-order valence-corrected chi connectivity index (χ4v) is 3.63. The summed E-state index contributed by atoms with van der Waals surface area (Å²) in [5, 5.41) is 9.20. The van der Waals surface area contributed by atoms with Crippen LogP contribution in [-0.4, -0.2) is 17.1 Å². The summed E-state index contributed by atoms with van der Waals surface area (Å²) >= 11 is 0. The Hall–Kier alpha value is -1.77. The Morgan fingerprint density at radius 1 is 0.950 bits per heavy atom. The smallest absolute Gasteiger partial charge is 0.209 e. The predicted octanol–water partition coefficient (Wildman–Crippen LogP) is 3.37. The summed E-state index contributed by atoms with van der Waals surface area (Å²) in [7, 11) is -1.72. The van der Waals surface area contributed by atoms with Gasteiger partial charge in [-0.3, -0.25) is 4.57 Å². The van der Waals surface area contributed by atoms with Gasteiger partial charge < -0.3 is 14.7 Å². The highest BCUT2D eigenvalue weighted by Crippen LogP contribution is 2.48. The van der Waals surface area contributed by atoms with Gasteiger partial charge >= 0.3 is 0 Å². The van der Waals surface area contributed by atoms with Crippen molar-refractivity contribution in [1.82, 2.24) is 0 Å². The van der Waals surface area contributed by atoms with Crippen LogP contribution in [0.25, 0.3) is 0 Å². The van der Waals surface area contributed by atoms with Gasteiger partial charge in [0.25, 0.3) is 0 Å². The molecule has 0 heterocycles. The van der Waals surface area contributed by atoms with Gasteiger partial charge in [-0.15, -0.1) is 0 Å². The lowest BCUT2D eigenvalue weighted by molar-refractivity contribution is 0.414. The zero-order valence-electron chi connectivity index (χ0n) is 11.2. The molecule has 2 rings (SSSR count). The first-order valence-electron chi connectivity index (χ1n) is 6.20. The molecule has 5 heteroatoms. The van der Waals surface area contributed by atoms with E-state index in [1.165, 1.54) is 12.1 Å². The molecule has 0 aliphatic heterocycles. The van der Waals surface area contributed by atoms with Crippen LogP contribution in [0.1, 0.15) is 11.1 Å². The second-order valence-corrected chi connectivity index (χ2v) is 7.00. The normalized spacial score (nSPS) is 13.7. The van der Waals surface area contributed by atoms with Gasteiger partial charge in [0, 0.05) is 12.3 Å². The minimum atomic E-state index is -3.30. The van der Waals surface area contributed by atoms with Crippen LogP contribution in [0, 0.1) is 0 Å². The van der Waals surface area contributed by atoms with Crippen LogP contribution < -0.4 is 4.74 Å². The first-order chi connectivity index (χ1) is 9.48. The third-order valence-corrected chi connectivity index (χ3v) is 4.67. The Bertz CT molecular complexity index is 605. The zero-order valence-corrected chi connectivity index (χ0v) is 12.1. The predicted molar refractivity (Wildman–Crippen MR) is 78.3 cm³/mol. The molecule has 0 aliphatic carbocycles. The van der Waals surface area contributed by atoms with Gasteiger partial charge in [-0.2, -0.15) is 0 Å². The molecule has 0 aliphatic rings. The van der Waals surface area contributed by atoms with Gasteiger partial charge in [0.2, 0.25) is 7.37 Å². The highest BCUT2D eigenvalue weighted by molar-refractivity contribution is 7.56. The maximum absolute atomic E-state index is 12.3. The lowest BCUT2D eigenvalue weighted by Crippen LogP contribution is -1.93. The van der Waals surface area contributed by atoms with Crippen LogP contribution in [0.2, 0.25) is 0 Å². The van der Waals surface area contributed by atoms with Gasteiger partial charge in [0.1, 0.15) is 11.5 Å². The fraction of sp³-hybridized carbons (Fsp3) is 0.200. The first-order valence-corrected chi connectivity index (χ1v) is 8.23. The van der Waals surface area contributed by atoms with E-state index in [2.05, 4.69) is 0 Å². The van der Waals surface area contributed by atoms with Crippen LogP contribution in [0.4, 0.5) is 0 Å². The molecule has 0 amide bonds. The molecule has 2 aromatic carbocycles. The Labute approximate surface area is 118 Å². The lowest BCUT2D eigenvalue weighted by Gasteiger charge is -2.12. The van der Waals surface area contributed by atoms with E-state index in [9.17, 15) is 14.6 Å². The summed E-state index contributed by atoms with van der Waals surface area (Å²) in [4.78, 5) is 10.1. The van der Waals surface area contributed by atoms with Gasteiger partial charge in [-0.05, 0) is 35.4 Å². The number of benzene rings is 2. The molecule has 0 saturated heterocycles. The van der Waals surface area contributed by atoms with Gasteiger partial charge in [0.05, 0.1) is 7.11 Å². The first kappa shape index (κ1) is 14.6. The van der Waals surface area contributed by atoms with Gasteiger partial charge in [-0.25, -0.2) is 0 Å². The van der Waals surface area contributed by atoms with Crippen LogP contribution in [0.5, 0.6) is 11.5 Å². The fourth-order valence-electron chi connectivity index (χ4n) is 1.96. The number of phenols is 1. The van der Waals surface area contributed by atoms with Crippen molar-refractivity contribution in [3.8, 4) is 11.5 Å². The van der Waals surface area contributed by atoms with E-state index in [1.54, 1.807) is 43.5 Å². The van der Waals surface area contributed by atoms with Crippen molar-refractivity contribution < 1.29 is 19.3 Å². The van der Waals surface area contributed by atoms with Crippen molar-refractivity contribution in [1.29, 1.82) is 0 Å². The molecule has 0 fully saturated rings. The van der Waals surface area contributed by atoms with E-state index in [0.29, 0.717) is 0 Å². The summed E-state index contributed by atoms with van der Waals surface area (Å²) in [6, 6.07) is 13.5. The van der Waals surface area contributed by atoms with Gasteiger partial charge in [-0.1, -0.05) is 24.3 Å². The molecule has 1 unspecified atom stereocenters.